The molecule has 108 valence electrons. The lowest BCUT2D eigenvalue weighted by molar-refractivity contribution is 0.0822. The Labute approximate surface area is 111 Å². The maximum Gasteiger partial charge on any atom is 0.153 e. The Kier molecular flexibility index (Phi) is 6.04. The third-order valence-electron chi connectivity index (χ3n) is 3.76. The van der Waals surface area contributed by atoms with Crippen molar-refractivity contribution >= 4 is 9.84 Å². The minimum Gasteiger partial charge on any atom is -0.383 e. The molecule has 5 nitrogen and oxygen atoms in total. The lowest BCUT2D eigenvalue weighted by Crippen LogP contribution is -2.52. The molecule has 1 saturated heterocycles. The molecule has 1 aliphatic heterocycles. The van der Waals surface area contributed by atoms with E-state index < -0.39 is 9.84 Å². The van der Waals surface area contributed by atoms with E-state index in [1.165, 1.54) is 0 Å². The third-order valence-corrected chi connectivity index (χ3v) is 5.50. The lowest BCUT2D eigenvalue weighted by atomic mass is 10.0. The van der Waals surface area contributed by atoms with Crippen LogP contribution in [0.4, 0.5) is 0 Å². The second-order valence-electron chi connectivity index (χ2n) is 5.01. The molecular formula is C12H26N2O3S. The van der Waals surface area contributed by atoms with Crippen molar-refractivity contribution in [3.05, 3.63) is 0 Å². The average Bonchev–Trinajstić information content (AvgIpc) is 2.58. The summed E-state index contributed by atoms with van der Waals surface area (Å²) in [6, 6.07) is 0.0482. The van der Waals surface area contributed by atoms with Gasteiger partial charge in [0.1, 0.15) is 0 Å². The van der Waals surface area contributed by atoms with Crippen LogP contribution in [-0.2, 0) is 14.6 Å². The summed E-state index contributed by atoms with van der Waals surface area (Å²) in [6.07, 6.45) is 2.01. The zero-order chi connectivity index (χ0) is 13.8. The van der Waals surface area contributed by atoms with Crippen LogP contribution in [0.3, 0.4) is 0 Å². The monoisotopic (exact) mass is 278 g/mol. The molecule has 0 bridgehead atoms. The molecule has 0 aromatic heterocycles. The summed E-state index contributed by atoms with van der Waals surface area (Å²) in [5.74, 6) is 0.301. The van der Waals surface area contributed by atoms with Crippen LogP contribution in [0.1, 0.15) is 26.7 Å². The van der Waals surface area contributed by atoms with Crippen LogP contribution in [0.2, 0.25) is 0 Å². The number of hydrogen-bond donors (Lipinski definition) is 1. The summed E-state index contributed by atoms with van der Waals surface area (Å²) in [7, 11) is -1.31. The molecule has 0 amide bonds. The van der Waals surface area contributed by atoms with Crippen LogP contribution in [0, 0.1) is 0 Å². The second kappa shape index (κ2) is 6.84. The molecule has 0 aromatic rings. The number of nitrogens with zero attached hydrogens (tertiary/aromatic N) is 1. The summed E-state index contributed by atoms with van der Waals surface area (Å²) in [5.41, 5.74) is 6.01. The van der Waals surface area contributed by atoms with Crippen LogP contribution < -0.4 is 5.73 Å². The molecule has 1 fully saturated rings. The number of hydrogen-bond acceptors (Lipinski definition) is 5. The molecule has 0 saturated carbocycles. The quantitative estimate of drug-likeness (QED) is 0.722. The number of rotatable bonds is 7. The van der Waals surface area contributed by atoms with Gasteiger partial charge in [0.25, 0.3) is 0 Å². The van der Waals surface area contributed by atoms with Gasteiger partial charge in [0.2, 0.25) is 0 Å². The van der Waals surface area contributed by atoms with Gasteiger partial charge in [-0.05, 0) is 12.8 Å². The highest BCUT2D eigenvalue weighted by Gasteiger charge is 2.40. The Morgan fingerprint density at radius 2 is 1.94 bits per heavy atom. The van der Waals surface area contributed by atoms with Gasteiger partial charge in [-0.3, -0.25) is 4.90 Å². The molecule has 1 heterocycles. The maximum atomic E-state index is 11.7. The van der Waals surface area contributed by atoms with Crippen LogP contribution >= 0.6 is 0 Å². The van der Waals surface area contributed by atoms with E-state index >= 15 is 0 Å². The summed E-state index contributed by atoms with van der Waals surface area (Å²) in [6.45, 7) is 5.61. The Hall–Kier alpha value is -0.170. The van der Waals surface area contributed by atoms with Crippen LogP contribution in [-0.4, -0.2) is 63.2 Å². The molecule has 0 radical (unpaired) electrons. The van der Waals surface area contributed by atoms with E-state index in [2.05, 4.69) is 18.7 Å². The Morgan fingerprint density at radius 1 is 1.33 bits per heavy atom. The molecule has 0 aromatic carbocycles. The van der Waals surface area contributed by atoms with E-state index in [9.17, 15) is 8.42 Å². The fourth-order valence-electron chi connectivity index (χ4n) is 2.77. The van der Waals surface area contributed by atoms with Gasteiger partial charge in [-0.2, -0.15) is 0 Å². The first-order valence-electron chi connectivity index (χ1n) is 6.65. The minimum absolute atomic E-state index is 0.0601. The highest BCUT2D eigenvalue weighted by molar-refractivity contribution is 7.91. The maximum absolute atomic E-state index is 11.7. The Bertz CT molecular complexity index is 341. The smallest absolute Gasteiger partial charge is 0.153 e. The van der Waals surface area contributed by atoms with Crippen LogP contribution in [0.15, 0.2) is 0 Å². The summed E-state index contributed by atoms with van der Waals surface area (Å²) >= 11 is 0. The van der Waals surface area contributed by atoms with E-state index in [0.717, 1.165) is 19.4 Å². The first-order chi connectivity index (χ1) is 8.45. The average molecular weight is 278 g/mol. The van der Waals surface area contributed by atoms with E-state index in [0.29, 0.717) is 12.6 Å². The van der Waals surface area contributed by atoms with Gasteiger partial charge in [-0.15, -0.1) is 0 Å². The van der Waals surface area contributed by atoms with Gasteiger partial charge >= 0.3 is 0 Å². The van der Waals surface area contributed by atoms with Gasteiger partial charge < -0.3 is 10.5 Å². The van der Waals surface area contributed by atoms with Crippen molar-refractivity contribution in [3.63, 3.8) is 0 Å². The predicted molar refractivity (Wildman–Crippen MR) is 73.4 cm³/mol. The topological polar surface area (TPSA) is 72.6 Å². The molecule has 6 heteroatoms. The summed E-state index contributed by atoms with van der Waals surface area (Å²) in [5, 5.41) is 0. The highest BCUT2D eigenvalue weighted by Crippen LogP contribution is 2.21. The first kappa shape index (κ1) is 15.9. The number of sulfone groups is 1. The highest BCUT2D eigenvalue weighted by atomic mass is 32.2. The molecule has 2 unspecified atom stereocenters. The Morgan fingerprint density at radius 3 is 2.33 bits per heavy atom. The van der Waals surface area contributed by atoms with E-state index in [4.69, 9.17) is 10.5 Å². The molecule has 0 aliphatic carbocycles. The fraction of sp³-hybridized carbons (Fsp3) is 1.00. The SMILES string of the molecule is CCC(CC)N(CCOC)C1CS(=O)(=O)CC1N. The van der Waals surface area contributed by atoms with Gasteiger partial charge in [0, 0.05) is 31.8 Å². The lowest BCUT2D eigenvalue weighted by Gasteiger charge is -2.36. The molecule has 0 spiro atoms. The van der Waals surface area contributed by atoms with Gasteiger partial charge in [-0.1, -0.05) is 13.8 Å². The zero-order valence-electron chi connectivity index (χ0n) is 11.6. The van der Waals surface area contributed by atoms with E-state index in [-0.39, 0.29) is 23.6 Å². The van der Waals surface area contributed by atoms with Crippen molar-refractivity contribution in [1.82, 2.24) is 4.90 Å². The van der Waals surface area contributed by atoms with Crippen LogP contribution in [0.25, 0.3) is 0 Å². The molecule has 1 aliphatic rings. The Balaban J connectivity index is 2.82. The van der Waals surface area contributed by atoms with E-state index in [1.807, 2.05) is 0 Å². The molecule has 18 heavy (non-hydrogen) atoms. The molecular weight excluding hydrogens is 252 g/mol. The fourth-order valence-corrected chi connectivity index (χ4v) is 4.68. The largest absolute Gasteiger partial charge is 0.383 e. The summed E-state index contributed by atoms with van der Waals surface area (Å²) in [4.78, 5) is 2.23. The predicted octanol–water partition coefficient (Wildman–Crippen LogP) is 0.248. The molecule has 1 rings (SSSR count). The van der Waals surface area contributed by atoms with Gasteiger partial charge in [0.15, 0.2) is 9.84 Å². The zero-order valence-corrected chi connectivity index (χ0v) is 12.4. The van der Waals surface area contributed by atoms with Gasteiger partial charge in [0.05, 0.1) is 18.1 Å². The van der Waals surface area contributed by atoms with Crippen molar-refractivity contribution in [2.75, 3.05) is 31.8 Å². The van der Waals surface area contributed by atoms with Crippen LogP contribution in [0.5, 0.6) is 0 Å². The first-order valence-corrected chi connectivity index (χ1v) is 8.48. The van der Waals surface area contributed by atoms with E-state index in [1.54, 1.807) is 7.11 Å². The van der Waals surface area contributed by atoms with Crippen molar-refractivity contribution in [2.24, 2.45) is 5.73 Å². The second-order valence-corrected chi connectivity index (χ2v) is 7.16. The minimum atomic E-state index is -2.97. The van der Waals surface area contributed by atoms with Crippen molar-refractivity contribution in [1.29, 1.82) is 0 Å². The van der Waals surface area contributed by atoms with Gasteiger partial charge in [-0.25, -0.2) is 8.42 Å². The molecule has 2 atom stereocenters. The molecule has 2 N–H and O–H groups in total. The normalized spacial score (nSPS) is 27.2. The number of methoxy groups -OCH3 is 1. The van der Waals surface area contributed by atoms with Crippen molar-refractivity contribution in [3.8, 4) is 0 Å². The number of nitrogens with two attached hydrogens (primary N) is 1. The summed E-state index contributed by atoms with van der Waals surface area (Å²) < 4.78 is 28.5. The van der Waals surface area contributed by atoms with Crippen molar-refractivity contribution in [2.45, 2.75) is 44.8 Å². The standard InChI is InChI=1S/C12H26N2O3S/c1-4-10(5-2)14(6-7-17-3)12-9-18(15,16)8-11(12)13/h10-12H,4-9,13H2,1-3H3. The van der Waals surface area contributed by atoms with Crippen molar-refractivity contribution < 1.29 is 13.2 Å². The number of ether oxygens (including phenoxy) is 1. The third kappa shape index (κ3) is 3.91.